The summed E-state index contributed by atoms with van der Waals surface area (Å²) in [7, 11) is 0. The molecule has 2 aromatic heterocycles. The zero-order chi connectivity index (χ0) is 34.4. The van der Waals surface area contributed by atoms with Crippen molar-refractivity contribution in [2.45, 2.75) is 0 Å². The third kappa shape index (κ3) is 5.22. The Hall–Kier alpha value is -6.85. The van der Waals surface area contributed by atoms with Gasteiger partial charge in [0.2, 0.25) is 0 Å². The lowest BCUT2D eigenvalue weighted by Gasteiger charge is -2.37. The third-order valence-electron chi connectivity index (χ3n) is 10.2. The van der Waals surface area contributed by atoms with Crippen LogP contribution >= 0.6 is 0 Å². The van der Waals surface area contributed by atoms with Gasteiger partial charge in [-0.05, 0) is 51.5 Å². The van der Waals surface area contributed by atoms with Gasteiger partial charge in [-0.15, -0.1) is 0 Å². The van der Waals surface area contributed by atoms with Crippen molar-refractivity contribution in [3.8, 4) is 56.0 Å². The quantitative estimate of drug-likeness (QED) is 0.172. The molecular formula is C47H31BN4. The fourth-order valence-corrected chi connectivity index (χ4v) is 7.56. The third-order valence-corrected chi connectivity index (χ3v) is 10.2. The Bertz CT molecular complexity index is 2610. The first-order valence-corrected chi connectivity index (χ1v) is 17.6. The SMILES string of the molecule is C1=CC(c2cc(-c3ccccc3)nc(-c3ccccc3)n2)=CN2B1c1ccc(-c3ccc(-c4ccccc4)cc3)cc1-c1ccc3cccnc3c12. The van der Waals surface area contributed by atoms with Crippen LogP contribution in [0.2, 0.25) is 0 Å². The number of anilines is 1. The summed E-state index contributed by atoms with van der Waals surface area (Å²) >= 11 is 0. The second kappa shape index (κ2) is 12.5. The maximum atomic E-state index is 5.15. The first kappa shape index (κ1) is 30.0. The molecule has 0 unspecified atom stereocenters. The molecule has 5 heteroatoms. The summed E-state index contributed by atoms with van der Waals surface area (Å²) in [4.78, 5) is 17.5. The number of benzene rings is 6. The molecule has 6 aromatic carbocycles. The lowest BCUT2D eigenvalue weighted by molar-refractivity contribution is 1.15. The van der Waals surface area contributed by atoms with Crippen LogP contribution in [0.1, 0.15) is 5.69 Å². The molecule has 0 amide bonds. The molecule has 2 aliphatic heterocycles. The molecule has 0 spiro atoms. The van der Waals surface area contributed by atoms with Crippen molar-refractivity contribution in [3.05, 3.63) is 194 Å². The molecule has 4 heterocycles. The van der Waals surface area contributed by atoms with Gasteiger partial charge < -0.3 is 4.81 Å². The summed E-state index contributed by atoms with van der Waals surface area (Å²) in [6.07, 6.45) is 6.37. The van der Waals surface area contributed by atoms with Gasteiger partial charge >= 0.3 is 6.85 Å². The van der Waals surface area contributed by atoms with Crippen LogP contribution in [0.25, 0.3) is 72.5 Å². The van der Waals surface area contributed by atoms with Crippen LogP contribution in [-0.2, 0) is 0 Å². The molecule has 0 saturated carbocycles. The number of rotatable bonds is 5. The van der Waals surface area contributed by atoms with E-state index < -0.39 is 0 Å². The van der Waals surface area contributed by atoms with E-state index in [0.717, 1.165) is 44.7 Å². The number of fused-ring (bicyclic) bond motifs is 8. The van der Waals surface area contributed by atoms with Gasteiger partial charge in [-0.2, -0.15) is 0 Å². The summed E-state index contributed by atoms with van der Waals surface area (Å²) in [5.41, 5.74) is 15.4. The Balaban J connectivity index is 1.10. The highest BCUT2D eigenvalue weighted by Gasteiger charge is 2.36. The normalized spacial score (nSPS) is 13.0. The van der Waals surface area contributed by atoms with E-state index in [1.165, 1.54) is 38.8 Å². The van der Waals surface area contributed by atoms with E-state index in [0.29, 0.717) is 5.82 Å². The van der Waals surface area contributed by atoms with Crippen molar-refractivity contribution in [2.75, 3.05) is 4.81 Å². The van der Waals surface area contributed by atoms with E-state index in [4.69, 9.17) is 15.0 Å². The number of allylic oxidation sites excluding steroid dienone is 2. The summed E-state index contributed by atoms with van der Waals surface area (Å²) < 4.78 is 0. The van der Waals surface area contributed by atoms with E-state index in [1.807, 2.05) is 36.5 Å². The largest absolute Gasteiger partial charge is 0.381 e. The molecule has 0 N–H and O–H groups in total. The van der Waals surface area contributed by atoms with Crippen LogP contribution in [0.15, 0.2) is 188 Å². The highest BCUT2D eigenvalue weighted by Crippen LogP contribution is 2.43. The Kier molecular flexibility index (Phi) is 7.21. The predicted octanol–water partition coefficient (Wildman–Crippen LogP) is 10.5. The van der Waals surface area contributed by atoms with Crippen molar-refractivity contribution in [1.29, 1.82) is 0 Å². The summed E-state index contributed by atoms with van der Waals surface area (Å²) in [5.74, 6) is 3.01. The molecule has 8 aromatic rings. The van der Waals surface area contributed by atoms with Crippen LogP contribution in [0.3, 0.4) is 0 Å². The average Bonchev–Trinajstić information content (AvgIpc) is 3.24. The van der Waals surface area contributed by atoms with Gasteiger partial charge in [0.25, 0.3) is 0 Å². The summed E-state index contributed by atoms with van der Waals surface area (Å²) in [6, 6.07) is 57.6. The average molecular weight is 663 g/mol. The van der Waals surface area contributed by atoms with E-state index in [-0.39, 0.29) is 6.85 Å². The smallest absolute Gasteiger partial charge is 0.320 e. The fourth-order valence-electron chi connectivity index (χ4n) is 7.56. The number of hydrogen-bond donors (Lipinski definition) is 0. The van der Waals surface area contributed by atoms with Gasteiger partial charge in [0.05, 0.1) is 22.6 Å². The zero-order valence-electron chi connectivity index (χ0n) is 28.3. The Morgan fingerprint density at radius 3 is 1.87 bits per heavy atom. The van der Waals surface area contributed by atoms with Gasteiger partial charge in [0.15, 0.2) is 5.82 Å². The highest BCUT2D eigenvalue weighted by atomic mass is 15.1. The number of aromatic nitrogens is 3. The topological polar surface area (TPSA) is 41.9 Å². The van der Waals surface area contributed by atoms with Crippen LogP contribution < -0.4 is 10.3 Å². The second-order valence-electron chi connectivity index (χ2n) is 13.3. The molecule has 52 heavy (non-hydrogen) atoms. The number of pyridine rings is 1. The molecule has 0 radical (unpaired) electrons. The van der Waals surface area contributed by atoms with E-state index in [1.54, 1.807) is 0 Å². The molecule has 2 aliphatic rings. The molecule has 4 nitrogen and oxygen atoms in total. The minimum atomic E-state index is -0.00242. The molecule has 0 saturated heterocycles. The van der Waals surface area contributed by atoms with Crippen molar-refractivity contribution in [1.82, 2.24) is 15.0 Å². The van der Waals surface area contributed by atoms with Crippen LogP contribution in [0, 0.1) is 0 Å². The molecule has 0 aliphatic carbocycles. The molecule has 0 bridgehead atoms. The van der Waals surface area contributed by atoms with Gasteiger partial charge in [0.1, 0.15) is 0 Å². The number of hydrogen-bond acceptors (Lipinski definition) is 4. The van der Waals surface area contributed by atoms with E-state index >= 15 is 0 Å². The van der Waals surface area contributed by atoms with Crippen molar-refractivity contribution < 1.29 is 0 Å². The van der Waals surface area contributed by atoms with Gasteiger partial charge in [0, 0.05) is 40.0 Å². The minimum Gasteiger partial charge on any atom is -0.381 e. The van der Waals surface area contributed by atoms with E-state index in [9.17, 15) is 0 Å². The van der Waals surface area contributed by atoms with Crippen LogP contribution in [0.5, 0.6) is 0 Å². The standard InChI is InChI=1S/C47H31BN4/c1-4-11-32(12-5-1)33-18-20-34(21-19-33)38-23-25-42-41(29-38)40-24-22-36-17-10-28-49-45(36)46(40)52-31-39(26-27-48(42)52)44-30-43(35-13-6-2-7-14-35)50-47(51-44)37-15-8-3-9-16-37/h1-31H. The monoisotopic (exact) mass is 662 g/mol. The van der Waals surface area contributed by atoms with Crippen LogP contribution in [0.4, 0.5) is 5.69 Å². The second-order valence-corrected chi connectivity index (χ2v) is 13.3. The molecule has 0 fully saturated rings. The first-order valence-electron chi connectivity index (χ1n) is 17.6. The molecule has 0 atom stereocenters. The fraction of sp³-hybridized carbons (Fsp3) is 0. The molecule has 10 rings (SSSR count). The summed E-state index contributed by atoms with van der Waals surface area (Å²) in [6.45, 7) is -0.00242. The molecular weight excluding hydrogens is 631 g/mol. The highest BCUT2D eigenvalue weighted by molar-refractivity contribution is 6.84. The Labute approximate surface area is 303 Å². The zero-order valence-corrected chi connectivity index (χ0v) is 28.3. The van der Waals surface area contributed by atoms with Gasteiger partial charge in [-0.1, -0.05) is 158 Å². The van der Waals surface area contributed by atoms with Crippen molar-refractivity contribution in [3.63, 3.8) is 0 Å². The lowest BCUT2D eigenvalue weighted by Crippen LogP contribution is -2.49. The summed E-state index contributed by atoms with van der Waals surface area (Å²) in [5, 5.41) is 1.11. The number of nitrogens with zero attached hydrogens (tertiary/aromatic N) is 4. The van der Waals surface area contributed by atoms with E-state index in [2.05, 4.69) is 157 Å². The van der Waals surface area contributed by atoms with Gasteiger partial charge in [-0.25, -0.2) is 9.97 Å². The minimum absolute atomic E-state index is 0.00242. The van der Waals surface area contributed by atoms with Crippen molar-refractivity contribution in [2.24, 2.45) is 0 Å². The Morgan fingerprint density at radius 2 is 1.12 bits per heavy atom. The maximum Gasteiger partial charge on any atom is 0.320 e. The Morgan fingerprint density at radius 1 is 0.481 bits per heavy atom. The predicted molar refractivity (Wildman–Crippen MR) is 216 cm³/mol. The van der Waals surface area contributed by atoms with Crippen LogP contribution in [-0.4, -0.2) is 21.8 Å². The first-order chi connectivity index (χ1) is 25.8. The van der Waals surface area contributed by atoms with Crippen molar-refractivity contribution >= 4 is 34.5 Å². The molecule has 242 valence electrons. The lowest BCUT2D eigenvalue weighted by atomic mass is 9.49. The van der Waals surface area contributed by atoms with Gasteiger partial charge in [-0.3, -0.25) is 4.98 Å². The maximum absolute atomic E-state index is 5.15.